The minimum atomic E-state index is -0.122. The summed E-state index contributed by atoms with van der Waals surface area (Å²) in [6.45, 7) is 6.41. The molecule has 0 aliphatic carbocycles. The highest BCUT2D eigenvalue weighted by molar-refractivity contribution is 7.17. The number of carbonyl (C=O) groups excluding carboxylic acids is 1. The van der Waals surface area contributed by atoms with E-state index in [2.05, 4.69) is 41.6 Å². The van der Waals surface area contributed by atoms with E-state index in [0.29, 0.717) is 21.6 Å². The fourth-order valence-electron chi connectivity index (χ4n) is 2.59. The van der Waals surface area contributed by atoms with Crippen molar-refractivity contribution in [2.24, 2.45) is 0 Å². The van der Waals surface area contributed by atoms with E-state index in [0.717, 1.165) is 22.5 Å². The zero-order chi connectivity index (χ0) is 18.7. The number of rotatable bonds is 5. The van der Waals surface area contributed by atoms with Crippen molar-refractivity contribution in [2.45, 2.75) is 27.3 Å². The molecular weight excluding hydrogens is 366 g/mol. The van der Waals surface area contributed by atoms with Gasteiger partial charge in [-0.3, -0.25) is 4.79 Å². The molecule has 4 nitrogen and oxygen atoms in total. The SMILES string of the molecule is Cc1ccc(Nc2nc(C)c(C(=O)NCc3ccc(Cl)cc3)s2)c(C)c1. The maximum atomic E-state index is 12.5. The fourth-order valence-corrected chi connectivity index (χ4v) is 3.62. The summed E-state index contributed by atoms with van der Waals surface area (Å²) in [5, 5.41) is 7.64. The van der Waals surface area contributed by atoms with Crippen LogP contribution in [-0.4, -0.2) is 10.9 Å². The van der Waals surface area contributed by atoms with Crippen LogP contribution < -0.4 is 10.6 Å². The van der Waals surface area contributed by atoms with E-state index in [-0.39, 0.29) is 5.91 Å². The van der Waals surface area contributed by atoms with Crippen molar-refractivity contribution < 1.29 is 4.79 Å². The van der Waals surface area contributed by atoms with Gasteiger partial charge in [-0.2, -0.15) is 0 Å². The maximum absolute atomic E-state index is 12.5. The Morgan fingerprint density at radius 1 is 1.12 bits per heavy atom. The number of nitrogens with one attached hydrogen (secondary N) is 2. The molecular formula is C20H20ClN3OS. The van der Waals surface area contributed by atoms with Gasteiger partial charge in [-0.1, -0.05) is 52.8 Å². The van der Waals surface area contributed by atoms with Gasteiger partial charge >= 0.3 is 0 Å². The second kappa shape index (κ2) is 7.89. The predicted molar refractivity (Wildman–Crippen MR) is 109 cm³/mol. The van der Waals surface area contributed by atoms with Crippen molar-refractivity contribution in [2.75, 3.05) is 5.32 Å². The summed E-state index contributed by atoms with van der Waals surface area (Å²) >= 11 is 7.24. The van der Waals surface area contributed by atoms with Gasteiger partial charge in [0.1, 0.15) is 4.88 Å². The number of aromatic nitrogens is 1. The number of benzene rings is 2. The molecule has 0 saturated heterocycles. The normalized spacial score (nSPS) is 10.6. The van der Waals surface area contributed by atoms with Crippen molar-refractivity contribution in [1.29, 1.82) is 0 Å². The number of carbonyl (C=O) groups is 1. The Morgan fingerprint density at radius 3 is 2.54 bits per heavy atom. The van der Waals surface area contributed by atoms with Crippen molar-refractivity contribution in [3.8, 4) is 0 Å². The molecule has 0 spiro atoms. The summed E-state index contributed by atoms with van der Waals surface area (Å²) < 4.78 is 0. The van der Waals surface area contributed by atoms with Gasteiger partial charge in [0, 0.05) is 17.3 Å². The van der Waals surface area contributed by atoms with Crippen LogP contribution in [0.4, 0.5) is 10.8 Å². The molecule has 3 rings (SSSR count). The number of thiazole rings is 1. The van der Waals surface area contributed by atoms with Crippen LogP contribution in [0.3, 0.4) is 0 Å². The molecule has 0 aliphatic heterocycles. The highest BCUT2D eigenvalue weighted by Crippen LogP contribution is 2.27. The van der Waals surface area contributed by atoms with Crippen LogP contribution in [0.1, 0.15) is 32.1 Å². The van der Waals surface area contributed by atoms with Gasteiger partial charge in [0.2, 0.25) is 0 Å². The number of anilines is 2. The molecule has 0 saturated carbocycles. The van der Waals surface area contributed by atoms with Gasteiger partial charge in [0.15, 0.2) is 5.13 Å². The Labute approximate surface area is 162 Å². The monoisotopic (exact) mass is 385 g/mol. The van der Waals surface area contributed by atoms with E-state index in [1.54, 1.807) is 0 Å². The van der Waals surface area contributed by atoms with Crippen LogP contribution in [0.15, 0.2) is 42.5 Å². The van der Waals surface area contributed by atoms with Crippen LogP contribution in [0, 0.1) is 20.8 Å². The second-order valence-corrected chi connectivity index (χ2v) is 7.62. The zero-order valence-corrected chi connectivity index (χ0v) is 16.5. The van der Waals surface area contributed by atoms with E-state index < -0.39 is 0 Å². The van der Waals surface area contributed by atoms with Gasteiger partial charge in [-0.15, -0.1) is 0 Å². The van der Waals surface area contributed by atoms with Gasteiger partial charge in [-0.25, -0.2) is 4.98 Å². The fraction of sp³-hybridized carbons (Fsp3) is 0.200. The van der Waals surface area contributed by atoms with Gasteiger partial charge in [0.05, 0.1) is 5.69 Å². The van der Waals surface area contributed by atoms with Crippen LogP contribution in [-0.2, 0) is 6.54 Å². The first-order valence-corrected chi connectivity index (χ1v) is 9.46. The summed E-state index contributed by atoms with van der Waals surface area (Å²) in [5.74, 6) is -0.122. The number of hydrogen-bond acceptors (Lipinski definition) is 4. The maximum Gasteiger partial charge on any atom is 0.263 e. The summed E-state index contributed by atoms with van der Waals surface area (Å²) in [7, 11) is 0. The Balaban J connectivity index is 1.68. The van der Waals surface area contributed by atoms with Gasteiger partial charge in [-0.05, 0) is 50.1 Å². The Morgan fingerprint density at radius 2 is 1.85 bits per heavy atom. The van der Waals surface area contributed by atoms with Crippen molar-refractivity contribution >= 4 is 39.7 Å². The molecule has 0 bridgehead atoms. The van der Waals surface area contributed by atoms with Crippen molar-refractivity contribution in [3.63, 3.8) is 0 Å². The molecule has 0 aliphatic rings. The lowest BCUT2D eigenvalue weighted by Gasteiger charge is -2.07. The molecule has 0 radical (unpaired) electrons. The third-order valence-corrected chi connectivity index (χ3v) is 5.32. The lowest BCUT2D eigenvalue weighted by Crippen LogP contribution is -2.22. The molecule has 0 fully saturated rings. The average molecular weight is 386 g/mol. The number of hydrogen-bond donors (Lipinski definition) is 2. The molecule has 1 heterocycles. The quantitative estimate of drug-likeness (QED) is 0.618. The third-order valence-electron chi connectivity index (χ3n) is 3.99. The Kier molecular flexibility index (Phi) is 5.59. The largest absolute Gasteiger partial charge is 0.347 e. The van der Waals surface area contributed by atoms with E-state index in [9.17, 15) is 4.79 Å². The number of nitrogens with zero attached hydrogens (tertiary/aromatic N) is 1. The van der Waals surface area contributed by atoms with Crippen LogP contribution >= 0.6 is 22.9 Å². The van der Waals surface area contributed by atoms with Crippen LogP contribution in [0.5, 0.6) is 0 Å². The number of halogens is 1. The molecule has 6 heteroatoms. The molecule has 0 unspecified atom stereocenters. The van der Waals surface area contributed by atoms with Crippen molar-refractivity contribution in [3.05, 3.63) is 74.7 Å². The summed E-state index contributed by atoms with van der Waals surface area (Å²) in [6, 6.07) is 13.6. The Hall–Kier alpha value is -2.37. The van der Waals surface area contributed by atoms with E-state index >= 15 is 0 Å². The summed E-state index contributed by atoms with van der Waals surface area (Å²) in [6.07, 6.45) is 0. The van der Waals surface area contributed by atoms with Crippen molar-refractivity contribution in [1.82, 2.24) is 10.3 Å². The van der Waals surface area contributed by atoms with E-state index in [1.807, 2.05) is 37.3 Å². The number of amides is 1. The predicted octanol–water partition coefficient (Wildman–Crippen LogP) is 5.40. The topological polar surface area (TPSA) is 54.0 Å². The lowest BCUT2D eigenvalue weighted by molar-refractivity contribution is 0.0954. The number of aryl methyl sites for hydroxylation is 3. The first kappa shape index (κ1) is 18.4. The molecule has 134 valence electrons. The third kappa shape index (κ3) is 4.42. The van der Waals surface area contributed by atoms with E-state index in [4.69, 9.17) is 11.6 Å². The smallest absolute Gasteiger partial charge is 0.263 e. The summed E-state index contributed by atoms with van der Waals surface area (Å²) in [4.78, 5) is 17.6. The van der Waals surface area contributed by atoms with Gasteiger partial charge in [0.25, 0.3) is 5.91 Å². The molecule has 26 heavy (non-hydrogen) atoms. The lowest BCUT2D eigenvalue weighted by atomic mass is 10.1. The molecule has 2 aromatic carbocycles. The minimum Gasteiger partial charge on any atom is -0.347 e. The van der Waals surface area contributed by atoms with Crippen LogP contribution in [0.2, 0.25) is 5.02 Å². The first-order valence-electron chi connectivity index (χ1n) is 8.27. The molecule has 0 atom stereocenters. The average Bonchev–Trinajstić information content (AvgIpc) is 2.97. The minimum absolute atomic E-state index is 0.122. The highest BCUT2D eigenvalue weighted by atomic mass is 35.5. The van der Waals surface area contributed by atoms with Gasteiger partial charge < -0.3 is 10.6 Å². The second-order valence-electron chi connectivity index (χ2n) is 6.19. The van der Waals surface area contributed by atoms with E-state index in [1.165, 1.54) is 16.9 Å². The Bertz CT molecular complexity index is 935. The first-order chi connectivity index (χ1) is 12.4. The van der Waals surface area contributed by atoms with Crippen LogP contribution in [0.25, 0.3) is 0 Å². The molecule has 1 aromatic heterocycles. The summed E-state index contributed by atoms with van der Waals surface area (Å²) in [5.41, 5.74) is 5.07. The standard InChI is InChI=1S/C20H20ClN3OS/c1-12-4-9-17(13(2)10-12)24-20-23-14(3)18(26-20)19(25)22-11-15-5-7-16(21)8-6-15/h4-10H,11H2,1-3H3,(H,22,25)(H,23,24). The molecule has 2 N–H and O–H groups in total. The highest BCUT2D eigenvalue weighted by Gasteiger charge is 2.15. The molecule has 3 aromatic rings. The zero-order valence-electron chi connectivity index (χ0n) is 14.9. The molecule has 1 amide bonds.